The molecule has 0 spiro atoms. The molecule has 0 saturated carbocycles. The molecular formula is C35H34B2O4. The van der Waals surface area contributed by atoms with Crippen molar-refractivity contribution in [1.29, 1.82) is 0 Å². The molecule has 0 radical (unpaired) electrons. The van der Waals surface area contributed by atoms with Crippen LogP contribution < -0.4 is 10.9 Å². The Morgan fingerprint density at radius 1 is 0.439 bits per heavy atom. The highest BCUT2D eigenvalue weighted by Gasteiger charge is 2.32. The molecule has 0 bridgehead atoms. The van der Waals surface area contributed by atoms with E-state index in [4.69, 9.17) is 18.6 Å². The van der Waals surface area contributed by atoms with Crippen LogP contribution in [0.25, 0.3) is 43.8 Å². The normalized spacial score (nSPS) is 15.5. The molecule has 2 heterocycles. The smallest absolute Gasteiger partial charge is 0.405 e. The van der Waals surface area contributed by atoms with Gasteiger partial charge in [0.25, 0.3) is 0 Å². The van der Waals surface area contributed by atoms with Gasteiger partial charge >= 0.3 is 14.2 Å². The number of hydrogen-bond acceptors (Lipinski definition) is 4. The van der Waals surface area contributed by atoms with Crippen LogP contribution in [0.4, 0.5) is 0 Å². The van der Waals surface area contributed by atoms with Crippen molar-refractivity contribution in [1.82, 2.24) is 0 Å². The first-order valence-corrected chi connectivity index (χ1v) is 14.6. The summed E-state index contributed by atoms with van der Waals surface area (Å²) in [5.41, 5.74) is 13.8. The highest BCUT2D eigenvalue weighted by molar-refractivity contribution is 6.66. The molecule has 204 valence electrons. The van der Waals surface area contributed by atoms with Crippen LogP contribution in [0.1, 0.15) is 27.8 Å². The molecule has 7 rings (SSSR count). The van der Waals surface area contributed by atoms with E-state index in [0.29, 0.717) is 26.4 Å². The van der Waals surface area contributed by atoms with E-state index in [2.05, 4.69) is 101 Å². The molecule has 5 aromatic carbocycles. The zero-order valence-corrected chi connectivity index (χ0v) is 24.5. The van der Waals surface area contributed by atoms with Crippen LogP contribution in [0.5, 0.6) is 0 Å². The topological polar surface area (TPSA) is 36.9 Å². The average Bonchev–Trinajstić information content (AvgIpc) is 3.74. The van der Waals surface area contributed by atoms with Crippen LogP contribution in [0, 0.1) is 34.6 Å². The molecule has 0 amide bonds. The van der Waals surface area contributed by atoms with E-state index >= 15 is 0 Å². The fourth-order valence-corrected chi connectivity index (χ4v) is 6.81. The van der Waals surface area contributed by atoms with Crippen LogP contribution >= 0.6 is 0 Å². The largest absolute Gasteiger partial charge is 0.494 e. The first-order chi connectivity index (χ1) is 20.0. The van der Waals surface area contributed by atoms with E-state index in [1.807, 2.05) is 0 Å². The van der Waals surface area contributed by atoms with Gasteiger partial charge in [-0.15, -0.1) is 0 Å². The SMILES string of the molecule is Cc1c(C)c(C)c(-c2cc(B3OCCO3)c3ccccc3c2-c2ccc(B3OCCO3)c3ccccc23)c(C)c1C. The zero-order chi connectivity index (χ0) is 28.2. The number of rotatable bonds is 4. The van der Waals surface area contributed by atoms with Gasteiger partial charge in [-0.25, -0.2) is 0 Å². The van der Waals surface area contributed by atoms with Gasteiger partial charge in [0, 0.05) is 0 Å². The first kappa shape index (κ1) is 26.5. The van der Waals surface area contributed by atoms with Crippen LogP contribution in [0.2, 0.25) is 0 Å². The minimum absolute atomic E-state index is 0.337. The highest BCUT2D eigenvalue weighted by atomic mass is 16.6. The molecule has 0 aliphatic carbocycles. The molecule has 0 aromatic heterocycles. The van der Waals surface area contributed by atoms with E-state index in [-0.39, 0.29) is 14.2 Å². The predicted octanol–water partition coefficient (Wildman–Crippen LogP) is 6.35. The maximum Gasteiger partial charge on any atom is 0.494 e. The minimum Gasteiger partial charge on any atom is -0.405 e. The predicted molar refractivity (Wildman–Crippen MR) is 171 cm³/mol. The van der Waals surface area contributed by atoms with Gasteiger partial charge in [0.2, 0.25) is 0 Å². The lowest BCUT2D eigenvalue weighted by atomic mass is 9.71. The maximum absolute atomic E-state index is 6.10. The van der Waals surface area contributed by atoms with Gasteiger partial charge in [-0.05, 0) is 117 Å². The van der Waals surface area contributed by atoms with Crippen LogP contribution in [0.3, 0.4) is 0 Å². The molecule has 4 nitrogen and oxygen atoms in total. The monoisotopic (exact) mass is 540 g/mol. The van der Waals surface area contributed by atoms with Crippen LogP contribution in [-0.4, -0.2) is 40.7 Å². The molecule has 41 heavy (non-hydrogen) atoms. The van der Waals surface area contributed by atoms with Gasteiger partial charge in [-0.2, -0.15) is 0 Å². The standard InChI is InChI=1S/C35H34B2O4/c1-21-22(2)24(4)34(25(5)23(21)3)31-20-33(37-40-18-19-41-37)28-12-8-9-13-29(28)35(31)30-14-15-32(36-38-16-17-39-36)27-11-7-6-10-26(27)30/h6-15,20H,16-19H2,1-5H3. The van der Waals surface area contributed by atoms with E-state index in [0.717, 1.165) is 21.7 Å². The van der Waals surface area contributed by atoms with Crippen molar-refractivity contribution in [2.24, 2.45) is 0 Å². The van der Waals surface area contributed by atoms with Crippen molar-refractivity contribution in [3.63, 3.8) is 0 Å². The Bertz CT molecular complexity index is 1790. The Labute approximate surface area is 242 Å². The first-order valence-electron chi connectivity index (χ1n) is 14.6. The number of fused-ring (bicyclic) bond motifs is 2. The summed E-state index contributed by atoms with van der Waals surface area (Å²) in [6.07, 6.45) is 0. The van der Waals surface area contributed by atoms with Gasteiger partial charge in [-0.3, -0.25) is 0 Å². The Hall–Kier alpha value is -3.41. The third kappa shape index (κ3) is 4.24. The number of benzene rings is 5. The minimum atomic E-state index is -0.378. The lowest BCUT2D eigenvalue weighted by Gasteiger charge is -2.25. The van der Waals surface area contributed by atoms with E-state index < -0.39 is 0 Å². The maximum atomic E-state index is 6.10. The molecule has 5 aromatic rings. The van der Waals surface area contributed by atoms with Gasteiger partial charge in [0.15, 0.2) is 0 Å². The van der Waals surface area contributed by atoms with E-state index in [1.165, 1.54) is 60.8 Å². The fourth-order valence-electron chi connectivity index (χ4n) is 6.81. The van der Waals surface area contributed by atoms with E-state index in [1.54, 1.807) is 0 Å². The van der Waals surface area contributed by atoms with Crippen LogP contribution in [-0.2, 0) is 18.6 Å². The lowest BCUT2D eigenvalue weighted by molar-refractivity contribution is 0.365. The zero-order valence-electron chi connectivity index (χ0n) is 24.5. The Morgan fingerprint density at radius 2 is 0.902 bits per heavy atom. The summed E-state index contributed by atoms with van der Waals surface area (Å²) in [6.45, 7) is 13.7. The molecule has 0 unspecified atom stereocenters. The molecule has 2 aliphatic heterocycles. The second-order valence-corrected chi connectivity index (χ2v) is 11.3. The molecule has 2 aliphatic rings. The summed E-state index contributed by atoms with van der Waals surface area (Å²) < 4.78 is 24.1. The van der Waals surface area contributed by atoms with Crippen molar-refractivity contribution < 1.29 is 18.6 Å². The quantitative estimate of drug-likeness (QED) is 0.249. The molecule has 0 atom stereocenters. The van der Waals surface area contributed by atoms with E-state index in [9.17, 15) is 0 Å². The third-order valence-corrected chi connectivity index (χ3v) is 9.32. The molecule has 2 saturated heterocycles. The fraction of sp³-hybridized carbons (Fsp3) is 0.257. The Morgan fingerprint density at radius 3 is 1.49 bits per heavy atom. The van der Waals surface area contributed by atoms with Gasteiger partial charge in [0.05, 0.1) is 26.4 Å². The van der Waals surface area contributed by atoms with Gasteiger partial charge in [-0.1, -0.05) is 66.7 Å². The number of hydrogen-bond donors (Lipinski definition) is 0. The summed E-state index contributed by atoms with van der Waals surface area (Å²) in [4.78, 5) is 0. The summed E-state index contributed by atoms with van der Waals surface area (Å²) in [5, 5.41) is 4.69. The lowest BCUT2D eigenvalue weighted by Crippen LogP contribution is -2.33. The molecule has 0 N–H and O–H groups in total. The molecular weight excluding hydrogens is 506 g/mol. The summed E-state index contributed by atoms with van der Waals surface area (Å²) in [6, 6.07) is 24.1. The average molecular weight is 540 g/mol. The van der Waals surface area contributed by atoms with Gasteiger partial charge < -0.3 is 18.6 Å². The van der Waals surface area contributed by atoms with Crippen molar-refractivity contribution in [2.45, 2.75) is 34.6 Å². The molecule has 6 heteroatoms. The second kappa shape index (κ2) is 10.5. The third-order valence-electron chi connectivity index (χ3n) is 9.32. The summed E-state index contributed by atoms with van der Waals surface area (Å²) in [7, 11) is -0.715. The van der Waals surface area contributed by atoms with Crippen molar-refractivity contribution in [2.75, 3.05) is 26.4 Å². The summed E-state index contributed by atoms with van der Waals surface area (Å²) in [5.74, 6) is 0. The highest BCUT2D eigenvalue weighted by Crippen LogP contribution is 2.44. The van der Waals surface area contributed by atoms with Crippen molar-refractivity contribution in [3.8, 4) is 22.3 Å². The van der Waals surface area contributed by atoms with Crippen molar-refractivity contribution >= 4 is 46.7 Å². The Balaban J connectivity index is 1.62. The van der Waals surface area contributed by atoms with Gasteiger partial charge in [0.1, 0.15) is 0 Å². The van der Waals surface area contributed by atoms with Crippen molar-refractivity contribution in [3.05, 3.63) is 94.5 Å². The van der Waals surface area contributed by atoms with Crippen LogP contribution in [0.15, 0.2) is 66.7 Å². The molecule has 2 fully saturated rings. The summed E-state index contributed by atoms with van der Waals surface area (Å²) >= 11 is 0. The second-order valence-electron chi connectivity index (χ2n) is 11.3. The Kier molecular flexibility index (Phi) is 6.75.